The summed E-state index contributed by atoms with van der Waals surface area (Å²) in [4.78, 5) is 26.9. The summed E-state index contributed by atoms with van der Waals surface area (Å²) in [6.07, 6.45) is 3.51. The highest BCUT2D eigenvalue weighted by Gasteiger charge is 2.33. The Kier molecular flexibility index (Phi) is 2.22. The van der Waals surface area contributed by atoms with Gasteiger partial charge in [0.15, 0.2) is 0 Å². The van der Waals surface area contributed by atoms with Crippen molar-refractivity contribution < 1.29 is 9.72 Å². The molecule has 1 fully saturated rings. The molecule has 7 heteroatoms. The van der Waals surface area contributed by atoms with E-state index in [2.05, 4.69) is 4.98 Å². The maximum absolute atomic E-state index is 11.7. The molecule has 0 radical (unpaired) electrons. The molecule has 2 aromatic rings. The summed E-state index contributed by atoms with van der Waals surface area (Å²) in [5, 5.41) is 12.7. The van der Waals surface area contributed by atoms with Crippen molar-refractivity contribution in [2.24, 2.45) is 5.92 Å². The molecule has 1 saturated carbocycles. The lowest BCUT2D eigenvalue weighted by atomic mass is 10.1. The number of aromatic nitrogens is 2. The molecule has 0 amide bonds. The van der Waals surface area contributed by atoms with E-state index in [0.717, 1.165) is 12.8 Å². The van der Waals surface area contributed by atoms with Gasteiger partial charge in [0.1, 0.15) is 17.7 Å². The molecule has 0 atom stereocenters. The van der Waals surface area contributed by atoms with Gasteiger partial charge in [-0.05, 0) is 17.8 Å². The van der Waals surface area contributed by atoms with Crippen LogP contribution >= 0.6 is 11.3 Å². The number of nitrogens with zero attached hydrogens (tertiary/aromatic N) is 3. The molecule has 0 unspecified atom stereocenters. The fraction of sp³-hybridized carbons (Fsp3) is 0.400. The Morgan fingerprint density at radius 1 is 1.65 bits per heavy atom. The average molecular weight is 251 g/mol. The third kappa shape index (κ3) is 1.72. The van der Waals surface area contributed by atoms with E-state index in [1.807, 2.05) is 0 Å². The number of imidazole rings is 1. The summed E-state index contributed by atoms with van der Waals surface area (Å²) in [6, 6.07) is 0. The van der Waals surface area contributed by atoms with E-state index >= 15 is 0 Å². The first-order valence-electron chi connectivity index (χ1n) is 5.28. The quantitative estimate of drug-likeness (QED) is 0.613. The molecular weight excluding hydrogens is 242 g/mol. The molecule has 88 valence electrons. The van der Waals surface area contributed by atoms with Crippen LogP contribution in [0, 0.1) is 16.0 Å². The Balaban J connectivity index is 2.01. The Morgan fingerprint density at radius 2 is 2.41 bits per heavy atom. The number of thiazole rings is 1. The molecule has 1 aliphatic carbocycles. The Hall–Kier alpha value is -1.76. The van der Waals surface area contributed by atoms with Gasteiger partial charge >= 0.3 is 5.82 Å². The number of Topliss-reactive ketones (excluding diaryl/α,β-unsaturated/α-hetero) is 1. The number of rotatable bonds is 4. The second-order valence-electron chi connectivity index (χ2n) is 4.11. The minimum absolute atomic E-state index is 0.0684. The number of fused-ring (bicyclic) bond motifs is 1. The third-order valence-electron chi connectivity index (χ3n) is 2.85. The molecule has 0 saturated heterocycles. The molecule has 2 aromatic heterocycles. The molecular formula is C10H9N3O3S. The standard InChI is InChI=1S/C10H9N3O3S/c14-8(6-1-2-6)5-7-9(13(15)16)12-3-4-17-10(12)11-7/h3-4,6H,1-2,5H2. The monoisotopic (exact) mass is 251 g/mol. The van der Waals surface area contributed by atoms with E-state index in [1.54, 1.807) is 11.6 Å². The number of ketones is 1. The van der Waals surface area contributed by atoms with Gasteiger partial charge in [-0.15, -0.1) is 0 Å². The molecule has 0 aromatic carbocycles. The third-order valence-corrected chi connectivity index (χ3v) is 3.61. The first kappa shape index (κ1) is 10.4. The fourth-order valence-electron chi connectivity index (χ4n) is 1.85. The summed E-state index contributed by atoms with van der Waals surface area (Å²) < 4.78 is 1.43. The van der Waals surface area contributed by atoms with Crippen LogP contribution in [-0.2, 0) is 11.2 Å². The van der Waals surface area contributed by atoms with Crippen molar-refractivity contribution in [3.8, 4) is 0 Å². The van der Waals surface area contributed by atoms with E-state index in [0.29, 0.717) is 10.7 Å². The van der Waals surface area contributed by atoms with Gasteiger partial charge in [-0.3, -0.25) is 4.79 Å². The second-order valence-corrected chi connectivity index (χ2v) is 4.99. The highest BCUT2D eigenvalue weighted by Crippen LogP contribution is 2.32. The first-order valence-corrected chi connectivity index (χ1v) is 6.16. The summed E-state index contributed by atoms with van der Waals surface area (Å²) in [5.74, 6) is 0.100. The van der Waals surface area contributed by atoms with E-state index in [1.165, 1.54) is 15.7 Å². The van der Waals surface area contributed by atoms with Crippen molar-refractivity contribution in [3.05, 3.63) is 27.4 Å². The number of carbonyl (C=O) groups is 1. The maximum Gasteiger partial charge on any atom is 0.352 e. The smallest absolute Gasteiger partial charge is 0.352 e. The zero-order valence-corrected chi connectivity index (χ0v) is 9.64. The van der Waals surface area contributed by atoms with Gasteiger partial charge in [-0.1, -0.05) is 11.3 Å². The molecule has 0 bridgehead atoms. The second kappa shape index (κ2) is 3.63. The van der Waals surface area contributed by atoms with Crippen LogP contribution in [0.5, 0.6) is 0 Å². The van der Waals surface area contributed by atoms with Gasteiger partial charge < -0.3 is 10.1 Å². The van der Waals surface area contributed by atoms with Crippen molar-refractivity contribution in [1.82, 2.24) is 9.38 Å². The number of hydrogen-bond donors (Lipinski definition) is 0. The summed E-state index contributed by atoms with van der Waals surface area (Å²) in [5.41, 5.74) is 0.291. The van der Waals surface area contributed by atoms with Gasteiger partial charge in [-0.2, -0.15) is 9.38 Å². The van der Waals surface area contributed by atoms with Crippen LogP contribution in [0.2, 0.25) is 0 Å². The van der Waals surface area contributed by atoms with Crippen LogP contribution in [0.1, 0.15) is 18.5 Å². The van der Waals surface area contributed by atoms with Gasteiger partial charge in [-0.25, -0.2) is 0 Å². The van der Waals surface area contributed by atoms with Crippen molar-refractivity contribution in [2.75, 3.05) is 0 Å². The molecule has 17 heavy (non-hydrogen) atoms. The average Bonchev–Trinajstić information content (AvgIpc) is 2.92. The lowest BCUT2D eigenvalue weighted by Crippen LogP contribution is -2.07. The van der Waals surface area contributed by atoms with Crippen LogP contribution in [0.3, 0.4) is 0 Å². The lowest BCUT2D eigenvalue weighted by molar-refractivity contribution is -0.391. The van der Waals surface area contributed by atoms with Crippen molar-refractivity contribution in [2.45, 2.75) is 19.3 Å². The predicted octanol–water partition coefficient (Wildman–Crippen LogP) is 1.83. The van der Waals surface area contributed by atoms with Crippen molar-refractivity contribution in [1.29, 1.82) is 0 Å². The predicted molar refractivity (Wildman–Crippen MR) is 61.2 cm³/mol. The summed E-state index contributed by atoms with van der Waals surface area (Å²) >= 11 is 1.33. The van der Waals surface area contributed by atoms with Gasteiger partial charge in [0.25, 0.3) is 4.96 Å². The maximum atomic E-state index is 11.7. The van der Waals surface area contributed by atoms with Crippen molar-refractivity contribution >= 4 is 27.9 Å². The van der Waals surface area contributed by atoms with E-state index < -0.39 is 4.92 Å². The van der Waals surface area contributed by atoms with Crippen LogP contribution < -0.4 is 0 Å². The number of nitro groups is 1. The highest BCUT2D eigenvalue weighted by atomic mass is 32.1. The Labute approximate surface area is 100 Å². The van der Waals surface area contributed by atoms with Gasteiger partial charge in [0.05, 0.1) is 6.42 Å². The topological polar surface area (TPSA) is 77.5 Å². The molecule has 0 spiro atoms. The number of carbonyl (C=O) groups excluding carboxylic acids is 1. The first-order chi connectivity index (χ1) is 8.16. The zero-order valence-electron chi connectivity index (χ0n) is 8.83. The fourth-order valence-corrected chi connectivity index (χ4v) is 2.57. The SMILES string of the molecule is O=C(Cc1nc2sccn2c1[N+](=O)[O-])C1CC1. The lowest BCUT2D eigenvalue weighted by Gasteiger charge is -1.96. The Morgan fingerprint density at radius 3 is 3.06 bits per heavy atom. The van der Waals surface area contributed by atoms with E-state index in [-0.39, 0.29) is 23.9 Å². The molecule has 0 N–H and O–H groups in total. The van der Waals surface area contributed by atoms with Crippen LogP contribution in [0.25, 0.3) is 4.96 Å². The minimum atomic E-state index is -0.470. The van der Waals surface area contributed by atoms with Crippen molar-refractivity contribution in [3.63, 3.8) is 0 Å². The van der Waals surface area contributed by atoms with Crippen LogP contribution in [-0.4, -0.2) is 20.1 Å². The molecule has 6 nitrogen and oxygen atoms in total. The summed E-state index contributed by atoms with van der Waals surface area (Å²) in [6.45, 7) is 0. The number of hydrogen-bond acceptors (Lipinski definition) is 5. The van der Waals surface area contributed by atoms with E-state index in [4.69, 9.17) is 0 Å². The van der Waals surface area contributed by atoms with Crippen LogP contribution in [0.15, 0.2) is 11.6 Å². The molecule has 0 aliphatic heterocycles. The molecule has 2 heterocycles. The summed E-state index contributed by atoms with van der Waals surface area (Å²) in [7, 11) is 0. The van der Waals surface area contributed by atoms with Crippen LogP contribution in [0.4, 0.5) is 5.82 Å². The van der Waals surface area contributed by atoms with E-state index in [9.17, 15) is 14.9 Å². The molecule has 1 aliphatic rings. The Bertz CT molecular complexity index is 611. The largest absolute Gasteiger partial charge is 0.358 e. The normalized spacial score (nSPS) is 15.3. The molecule has 3 rings (SSSR count). The van der Waals surface area contributed by atoms with Gasteiger partial charge in [0, 0.05) is 11.3 Å². The van der Waals surface area contributed by atoms with Gasteiger partial charge in [0.2, 0.25) is 0 Å². The highest BCUT2D eigenvalue weighted by molar-refractivity contribution is 7.15. The minimum Gasteiger partial charge on any atom is -0.358 e. The zero-order chi connectivity index (χ0) is 12.0.